The molecule has 0 aliphatic rings. The fourth-order valence-corrected chi connectivity index (χ4v) is 0.433. The minimum Gasteiger partial charge on any atom is -0.446 e. The van der Waals surface area contributed by atoms with E-state index in [-0.39, 0.29) is 12.2 Å². The normalized spacial score (nSPS) is 10.5. The van der Waals surface area contributed by atoms with Crippen LogP contribution in [-0.4, -0.2) is 18.3 Å². The number of hydrogen-bond acceptors (Lipinski definition) is 4. The molecule has 0 aliphatic heterocycles. The lowest BCUT2D eigenvalue weighted by atomic mass is 10.5. The zero-order valence-corrected chi connectivity index (χ0v) is 7.88. The van der Waals surface area contributed by atoms with Crippen molar-refractivity contribution in [3.05, 3.63) is 0 Å². The van der Waals surface area contributed by atoms with Gasteiger partial charge in [0.2, 0.25) is 0 Å². The second kappa shape index (κ2) is 5.79. The first-order valence-electron chi connectivity index (χ1n) is 3.89. The van der Waals surface area contributed by atoms with E-state index in [9.17, 15) is 4.79 Å². The second-order valence-electron chi connectivity index (χ2n) is 2.85. The molecule has 0 aromatic heterocycles. The second-order valence-corrected chi connectivity index (χ2v) is 2.85. The number of nitrogens with one attached hydrogen (secondary N) is 2. The smallest absolute Gasteiger partial charge is 0.423 e. The molecule has 72 valence electrons. The highest BCUT2D eigenvalue weighted by molar-refractivity contribution is 5.66. The van der Waals surface area contributed by atoms with Crippen molar-refractivity contribution < 1.29 is 14.4 Å². The molecule has 0 rings (SSSR count). The monoisotopic (exact) mass is 176 g/mol. The minimum absolute atomic E-state index is 0.00403. The average Bonchev–Trinajstić information content (AvgIpc) is 1.84. The van der Waals surface area contributed by atoms with Crippen molar-refractivity contribution in [2.24, 2.45) is 0 Å². The van der Waals surface area contributed by atoms with Crippen molar-refractivity contribution in [1.29, 1.82) is 0 Å². The number of ether oxygens (including phenoxy) is 1. The molecule has 0 aliphatic carbocycles. The van der Waals surface area contributed by atoms with Gasteiger partial charge in [-0.15, -0.1) is 5.59 Å². The van der Waals surface area contributed by atoms with Crippen LogP contribution in [0.1, 0.15) is 27.7 Å². The molecule has 0 aromatic rings. The van der Waals surface area contributed by atoms with E-state index in [0.29, 0.717) is 0 Å². The Morgan fingerprint density at radius 2 is 1.75 bits per heavy atom. The van der Waals surface area contributed by atoms with Crippen molar-refractivity contribution in [1.82, 2.24) is 11.0 Å². The van der Waals surface area contributed by atoms with Crippen molar-refractivity contribution in [3.8, 4) is 0 Å². The zero-order chi connectivity index (χ0) is 9.56. The van der Waals surface area contributed by atoms with E-state index in [1.54, 1.807) is 13.8 Å². The Morgan fingerprint density at radius 3 is 2.17 bits per heavy atom. The molecule has 0 aromatic carbocycles. The van der Waals surface area contributed by atoms with Crippen molar-refractivity contribution >= 4 is 6.09 Å². The molecule has 12 heavy (non-hydrogen) atoms. The summed E-state index contributed by atoms with van der Waals surface area (Å²) in [6.45, 7) is 7.21. The molecule has 0 saturated heterocycles. The van der Waals surface area contributed by atoms with Crippen LogP contribution >= 0.6 is 0 Å². The number of carbonyl (C=O) groups is 1. The quantitative estimate of drug-likeness (QED) is 0.626. The van der Waals surface area contributed by atoms with Gasteiger partial charge in [0, 0.05) is 0 Å². The fraction of sp³-hybridized carbons (Fsp3) is 0.857. The third-order valence-electron chi connectivity index (χ3n) is 0.790. The predicted octanol–water partition coefficient (Wildman–Crippen LogP) is 0.966. The van der Waals surface area contributed by atoms with Crippen LogP contribution in [0.4, 0.5) is 4.79 Å². The van der Waals surface area contributed by atoms with Gasteiger partial charge < -0.3 is 4.74 Å². The molecule has 0 spiro atoms. The maximum atomic E-state index is 10.8. The van der Waals surface area contributed by atoms with E-state index >= 15 is 0 Å². The van der Waals surface area contributed by atoms with Crippen molar-refractivity contribution in [2.45, 2.75) is 39.9 Å². The summed E-state index contributed by atoms with van der Waals surface area (Å²) in [5, 5.41) is 0. The molecule has 2 N–H and O–H groups in total. The van der Waals surface area contributed by atoms with Gasteiger partial charge in [-0.25, -0.2) is 10.2 Å². The van der Waals surface area contributed by atoms with Gasteiger partial charge in [-0.05, 0) is 27.7 Å². The number of hydrazine groups is 1. The largest absolute Gasteiger partial charge is 0.446 e. The lowest BCUT2D eigenvalue weighted by Gasteiger charge is -2.11. The summed E-state index contributed by atoms with van der Waals surface area (Å²) in [7, 11) is 0. The summed E-state index contributed by atoms with van der Waals surface area (Å²) in [5.74, 6) is 0. The van der Waals surface area contributed by atoms with Crippen LogP contribution in [-0.2, 0) is 9.57 Å². The van der Waals surface area contributed by atoms with Crippen LogP contribution in [0.25, 0.3) is 0 Å². The molecular formula is C7H16N2O3. The number of rotatable bonds is 4. The fourth-order valence-electron chi connectivity index (χ4n) is 0.433. The van der Waals surface area contributed by atoms with Crippen molar-refractivity contribution in [3.63, 3.8) is 0 Å². The molecular weight excluding hydrogens is 160 g/mol. The average molecular weight is 176 g/mol. The summed E-state index contributed by atoms with van der Waals surface area (Å²) in [6.07, 6.45) is -0.680. The maximum Gasteiger partial charge on any atom is 0.423 e. The van der Waals surface area contributed by atoms with Gasteiger partial charge in [0.25, 0.3) is 0 Å². The Hall–Kier alpha value is -0.810. The van der Waals surface area contributed by atoms with E-state index < -0.39 is 6.09 Å². The first kappa shape index (κ1) is 11.2. The number of carbonyl (C=O) groups excluding carboxylic acids is 1. The summed E-state index contributed by atoms with van der Waals surface area (Å²) < 4.78 is 4.74. The van der Waals surface area contributed by atoms with E-state index in [0.717, 1.165) is 0 Å². The number of amides is 1. The third-order valence-corrected chi connectivity index (χ3v) is 0.790. The summed E-state index contributed by atoms with van der Waals surface area (Å²) in [5.41, 5.74) is 4.48. The topological polar surface area (TPSA) is 59.6 Å². The van der Waals surface area contributed by atoms with E-state index in [4.69, 9.17) is 9.57 Å². The number of hydrogen-bond donors (Lipinski definition) is 2. The van der Waals surface area contributed by atoms with Gasteiger partial charge in [0.15, 0.2) is 0 Å². The summed E-state index contributed by atoms with van der Waals surface area (Å²) in [6, 6.07) is 0. The SMILES string of the molecule is CC(C)ONNC(=O)OC(C)C. The molecule has 0 saturated carbocycles. The Balaban J connectivity index is 3.32. The highest BCUT2D eigenvalue weighted by atomic mass is 16.7. The van der Waals surface area contributed by atoms with Crippen LogP contribution in [0, 0.1) is 0 Å². The Labute approximate surface area is 72.3 Å². The Kier molecular flexibility index (Phi) is 5.40. The molecule has 0 heterocycles. The summed E-state index contributed by atoms with van der Waals surface area (Å²) >= 11 is 0. The van der Waals surface area contributed by atoms with E-state index in [1.807, 2.05) is 13.8 Å². The lowest BCUT2D eigenvalue weighted by Crippen LogP contribution is -2.40. The first-order valence-corrected chi connectivity index (χ1v) is 3.89. The Bertz CT molecular complexity index is 137. The van der Waals surface area contributed by atoms with Gasteiger partial charge in [-0.2, -0.15) is 0 Å². The van der Waals surface area contributed by atoms with Crippen molar-refractivity contribution in [2.75, 3.05) is 0 Å². The van der Waals surface area contributed by atoms with E-state index in [2.05, 4.69) is 11.0 Å². The molecule has 0 fully saturated rings. The Morgan fingerprint density at radius 1 is 1.17 bits per heavy atom. The van der Waals surface area contributed by atoms with Crippen LogP contribution in [0.15, 0.2) is 0 Å². The highest BCUT2D eigenvalue weighted by Gasteiger charge is 2.03. The van der Waals surface area contributed by atoms with Crippen LogP contribution in [0.2, 0.25) is 0 Å². The zero-order valence-electron chi connectivity index (χ0n) is 7.88. The molecule has 1 amide bonds. The molecule has 0 bridgehead atoms. The predicted molar refractivity (Wildman–Crippen MR) is 44.1 cm³/mol. The molecule has 0 unspecified atom stereocenters. The van der Waals surface area contributed by atoms with Gasteiger partial charge in [-0.3, -0.25) is 4.84 Å². The minimum atomic E-state index is -0.550. The lowest BCUT2D eigenvalue weighted by molar-refractivity contribution is -0.0315. The van der Waals surface area contributed by atoms with Gasteiger partial charge >= 0.3 is 6.09 Å². The standard InChI is InChI=1S/C7H16N2O3/c1-5(2)11-7(10)8-9-12-6(3)4/h5-6,9H,1-4H3,(H,8,10). The molecule has 0 radical (unpaired) electrons. The van der Waals surface area contributed by atoms with Gasteiger partial charge in [0.05, 0.1) is 12.2 Å². The van der Waals surface area contributed by atoms with Gasteiger partial charge in [-0.1, -0.05) is 0 Å². The van der Waals surface area contributed by atoms with Gasteiger partial charge in [0.1, 0.15) is 0 Å². The molecule has 0 atom stereocenters. The maximum absolute atomic E-state index is 10.8. The summed E-state index contributed by atoms with van der Waals surface area (Å²) in [4.78, 5) is 15.6. The van der Waals surface area contributed by atoms with Crippen LogP contribution in [0.5, 0.6) is 0 Å². The molecule has 5 nitrogen and oxygen atoms in total. The molecule has 5 heteroatoms. The first-order chi connectivity index (χ1) is 5.52. The highest BCUT2D eigenvalue weighted by Crippen LogP contribution is 1.87. The van der Waals surface area contributed by atoms with Crippen LogP contribution < -0.4 is 11.0 Å². The van der Waals surface area contributed by atoms with Crippen LogP contribution in [0.3, 0.4) is 0 Å². The third kappa shape index (κ3) is 7.30. The van der Waals surface area contributed by atoms with E-state index in [1.165, 1.54) is 0 Å².